The molecule has 0 radical (unpaired) electrons. The standard InChI is InChI=1S/C22H14N6O2/c1-12-6-8-13(9-7-12)26-22-16(10-23)21(25)28(27-22)17(11-24)18-19(29)14-4-2-3-5-15(14)20(18)30/h2-9H,25H2,1H3,(H,26,27). The number of fused-ring (bicyclic) bond motifs is 1. The van der Waals surface area contributed by atoms with Crippen molar-refractivity contribution in [3.8, 4) is 12.1 Å². The summed E-state index contributed by atoms with van der Waals surface area (Å²) in [4.78, 5) is 25.6. The average Bonchev–Trinajstić information content (AvgIpc) is 3.19. The number of Topliss-reactive ketones (excluding diaryl/α,β-unsaturated/α-hetero) is 2. The molecule has 1 heterocycles. The summed E-state index contributed by atoms with van der Waals surface area (Å²) < 4.78 is 0.964. The largest absolute Gasteiger partial charge is 0.382 e. The van der Waals surface area contributed by atoms with Gasteiger partial charge in [-0.05, 0) is 19.1 Å². The highest BCUT2D eigenvalue weighted by Crippen LogP contribution is 2.33. The van der Waals surface area contributed by atoms with Crippen molar-refractivity contribution in [2.45, 2.75) is 6.92 Å². The predicted octanol–water partition coefficient (Wildman–Crippen LogP) is 3.20. The third-order valence-corrected chi connectivity index (χ3v) is 4.77. The molecule has 2 aromatic carbocycles. The Morgan fingerprint density at radius 3 is 2.17 bits per heavy atom. The van der Waals surface area contributed by atoms with Gasteiger partial charge in [0.05, 0.1) is 0 Å². The number of rotatable bonds is 3. The third kappa shape index (κ3) is 2.81. The number of ketones is 2. The fraction of sp³-hybridized carbons (Fsp3) is 0.0455. The van der Waals surface area contributed by atoms with Gasteiger partial charge >= 0.3 is 0 Å². The molecule has 144 valence electrons. The Balaban J connectivity index is 1.85. The van der Waals surface area contributed by atoms with Crippen molar-refractivity contribution in [3.63, 3.8) is 0 Å². The number of nitrogens with two attached hydrogens (primary N) is 1. The maximum absolute atomic E-state index is 12.8. The normalized spacial score (nSPS) is 12.3. The first-order valence-electron chi connectivity index (χ1n) is 8.91. The molecule has 3 aromatic rings. The van der Waals surface area contributed by atoms with Crippen LogP contribution in [0.3, 0.4) is 0 Å². The second kappa shape index (κ2) is 7.04. The Labute approximate surface area is 171 Å². The average molecular weight is 394 g/mol. The number of hydrogen-bond donors (Lipinski definition) is 2. The smallest absolute Gasteiger partial charge is 0.200 e. The van der Waals surface area contributed by atoms with Crippen LogP contribution in [0.1, 0.15) is 31.8 Å². The van der Waals surface area contributed by atoms with Gasteiger partial charge in [-0.1, -0.05) is 42.0 Å². The molecule has 4 rings (SSSR count). The minimum absolute atomic E-state index is 0.000617. The van der Waals surface area contributed by atoms with E-state index in [-0.39, 0.29) is 39.6 Å². The molecule has 1 aliphatic rings. The number of carbonyl (C=O) groups is 2. The van der Waals surface area contributed by atoms with Crippen LogP contribution in [0.5, 0.6) is 0 Å². The van der Waals surface area contributed by atoms with Crippen LogP contribution in [0.2, 0.25) is 0 Å². The van der Waals surface area contributed by atoms with Gasteiger partial charge < -0.3 is 11.1 Å². The first kappa shape index (κ1) is 18.7. The molecular weight excluding hydrogens is 380 g/mol. The van der Waals surface area contributed by atoms with Crippen molar-refractivity contribution >= 4 is 34.6 Å². The molecule has 0 fully saturated rings. The van der Waals surface area contributed by atoms with E-state index in [9.17, 15) is 20.1 Å². The van der Waals surface area contributed by atoms with Crippen molar-refractivity contribution in [1.29, 1.82) is 10.5 Å². The summed E-state index contributed by atoms with van der Waals surface area (Å²) in [6.07, 6.45) is 0. The maximum atomic E-state index is 12.8. The van der Waals surface area contributed by atoms with E-state index in [0.717, 1.165) is 10.2 Å². The van der Waals surface area contributed by atoms with Crippen LogP contribution in [0.4, 0.5) is 17.3 Å². The zero-order valence-corrected chi connectivity index (χ0v) is 15.8. The number of allylic oxidation sites excluding steroid dienone is 2. The van der Waals surface area contributed by atoms with Crippen molar-refractivity contribution < 1.29 is 9.59 Å². The van der Waals surface area contributed by atoms with E-state index in [1.54, 1.807) is 24.3 Å². The quantitative estimate of drug-likeness (QED) is 0.395. The van der Waals surface area contributed by atoms with E-state index < -0.39 is 11.6 Å². The molecular formula is C22H14N6O2. The lowest BCUT2D eigenvalue weighted by Crippen LogP contribution is -2.12. The Morgan fingerprint density at radius 2 is 1.63 bits per heavy atom. The van der Waals surface area contributed by atoms with Crippen molar-refractivity contribution in [2.75, 3.05) is 11.1 Å². The SMILES string of the molecule is Cc1ccc(Nc2nn(C(C#N)=C3C(=O)c4ccccc4C3=O)c(N)c2C#N)cc1. The summed E-state index contributed by atoms with van der Waals surface area (Å²) in [5, 5.41) is 26.5. The number of hydrogen-bond acceptors (Lipinski definition) is 7. The second-order valence-corrected chi connectivity index (χ2v) is 6.66. The molecule has 3 N–H and O–H groups in total. The first-order valence-corrected chi connectivity index (χ1v) is 8.91. The number of aryl methyl sites for hydroxylation is 1. The molecule has 0 aliphatic heterocycles. The van der Waals surface area contributed by atoms with Crippen LogP contribution < -0.4 is 11.1 Å². The van der Waals surface area contributed by atoms with E-state index in [2.05, 4.69) is 10.4 Å². The van der Waals surface area contributed by atoms with Crippen LogP contribution >= 0.6 is 0 Å². The summed E-state index contributed by atoms with van der Waals surface area (Å²) >= 11 is 0. The maximum Gasteiger partial charge on any atom is 0.200 e. The third-order valence-electron chi connectivity index (χ3n) is 4.77. The number of nitrogens with zero attached hydrogens (tertiary/aromatic N) is 4. The number of carbonyl (C=O) groups excluding carboxylic acids is 2. The fourth-order valence-corrected chi connectivity index (χ4v) is 3.25. The Kier molecular flexibility index (Phi) is 4.38. The lowest BCUT2D eigenvalue weighted by molar-refractivity contribution is 0.0989. The minimum atomic E-state index is -0.575. The van der Waals surface area contributed by atoms with Crippen LogP contribution in [0, 0.1) is 29.6 Å². The zero-order valence-electron chi connectivity index (χ0n) is 15.8. The zero-order chi connectivity index (χ0) is 21.4. The summed E-state index contributed by atoms with van der Waals surface area (Å²) in [6.45, 7) is 1.94. The second-order valence-electron chi connectivity index (χ2n) is 6.66. The highest BCUT2D eigenvalue weighted by atomic mass is 16.2. The molecule has 0 saturated carbocycles. The van der Waals surface area contributed by atoms with Crippen molar-refractivity contribution in [2.24, 2.45) is 0 Å². The highest BCUT2D eigenvalue weighted by Gasteiger charge is 2.37. The van der Waals surface area contributed by atoms with E-state index in [1.807, 2.05) is 31.2 Å². The predicted molar refractivity (Wildman–Crippen MR) is 110 cm³/mol. The highest BCUT2D eigenvalue weighted by molar-refractivity contribution is 6.42. The van der Waals surface area contributed by atoms with Gasteiger partial charge in [0.1, 0.15) is 29.1 Å². The summed E-state index contributed by atoms with van der Waals surface area (Å²) in [6, 6.07) is 17.5. The van der Waals surface area contributed by atoms with E-state index in [4.69, 9.17) is 5.73 Å². The molecule has 0 spiro atoms. The van der Waals surface area contributed by atoms with Crippen LogP contribution in [-0.2, 0) is 0 Å². The topological polar surface area (TPSA) is 138 Å². The van der Waals surface area contributed by atoms with Gasteiger partial charge in [-0.15, -0.1) is 5.10 Å². The molecule has 1 aromatic heterocycles. The number of nitriles is 2. The summed E-state index contributed by atoms with van der Waals surface area (Å²) in [7, 11) is 0. The molecule has 30 heavy (non-hydrogen) atoms. The van der Waals surface area contributed by atoms with Gasteiger partial charge in [0, 0.05) is 16.8 Å². The van der Waals surface area contributed by atoms with Gasteiger partial charge in [0.2, 0.25) is 11.6 Å². The fourth-order valence-electron chi connectivity index (χ4n) is 3.25. The van der Waals surface area contributed by atoms with Gasteiger partial charge in [-0.3, -0.25) is 9.59 Å². The van der Waals surface area contributed by atoms with Crippen LogP contribution in [0.15, 0.2) is 54.1 Å². The number of aromatic nitrogens is 2. The molecule has 8 heteroatoms. The van der Waals surface area contributed by atoms with Gasteiger partial charge in [0.25, 0.3) is 0 Å². The Hall–Kier alpha value is -4.69. The first-order chi connectivity index (χ1) is 14.5. The van der Waals surface area contributed by atoms with Gasteiger partial charge in [0.15, 0.2) is 11.5 Å². The number of anilines is 3. The van der Waals surface area contributed by atoms with Gasteiger partial charge in [-0.25, -0.2) is 4.68 Å². The molecule has 0 bridgehead atoms. The van der Waals surface area contributed by atoms with E-state index >= 15 is 0 Å². The van der Waals surface area contributed by atoms with Crippen LogP contribution in [-0.4, -0.2) is 21.3 Å². The Morgan fingerprint density at radius 1 is 1.03 bits per heavy atom. The Bertz CT molecular complexity index is 1300. The lowest BCUT2D eigenvalue weighted by Gasteiger charge is -2.04. The lowest BCUT2D eigenvalue weighted by atomic mass is 10.1. The molecule has 1 aliphatic carbocycles. The molecule has 0 atom stereocenters. The van der Waals surface area contributed by atoms with Crippen LogP contribution in [0.25, 0.3) is 5.70 Å². The molecule has 0 saturated heterocycles. The van der Waals surface area contributed by atoms with E-state index in [1.165, 1.54) is 12.1 Å². The molecule has 0 amide bonds. The van der Waals surface area contributed by atoms with Gasteiger partial charge in [-0.2, -0.15) is 10.5 Å². The van der Waals surface area contributed by atoms with Crippen molar-refractivity contribution in [3.05, 3.63) is 76.4 Å². The number of benzene rings is 2. The molecule has 0 unspecified atom stereocenters. The van der Waals surface area contributed by atoms with Crippen molar-refractivity contribution in [1.82, 2.24) is 9.78 Å². The summed E-state index contributed by atoms with van der Waals surface area (Å²) in [5.41, 5.74) is 7.57. The summed E-state index contributed by atoms with van der Waals surface area (Å²) in [5.74, 6) is -1.18. The van der Waals surface area contributed by atoms with E-state index in [0.29, 0.717) is 5.69 Å². The number of nitrogen functional groups attached to an aromatic ring is 1. The number of nitrogens with one attached hydrogen (secondary N) is 1. The molecule has 8 nitrogen and oxygen atoms in total. The minimum Gasteiger partial charge on any atom is -0.382 e. The monoisotopic (exact) mass is 394 g/mol.